The van der Waals surface area contributed by atoms with Crippen LogP contribution in [0.1, 0.15) is 28.1 Å². The SMILES string of the molecule is Cc1ccc(-c2cc(-c3ccc(C)cc3)cc(-c3cc(-c4cc(-c5ccc(C)cc5)cc(-c5ccc(C)cc5)c4)nc(C)n3)c2)cc1. The molecule has 2 nitrogen and oxygen atoms in total. The lowest BCUT2D eigenvalue weighted by molar-refractivity contribution is 1.06. The van der Waals surface area contributed by atoms with Gasteiger partial charge in [-0.05, 0) is 122 Å². The largest absolute Gasteiger partial charge is 0.233 e. The molecule has 0 aliphatic rings. The van der Waals surface area contributed by atoms with E-state index < -0.39 is 0 Å². The molecule has 0 unspecified atom stereocenters. The van der Waals surface area contributed by atoms with Crippen molar-refractivity contribution < 1.29 is 0 Å². The molecule has 0 spiro atoms. The highest BCUT2D eigenvalue weighted by molar-refractivity contribution is 5.84. The smallest absolute Gasteiger partial charge is 0.126 e. The Bertz CT molecular complexity index is 1910. The number of hydrogen-bond donors (Lipinski definition) is 0. The van der Waals surface area contributed by atoms with E-state index in [1.807, 2.05) is 6.92 Å². The molecule has 7 rings (SSSR count). The Hall–Kier alpha value is -5.60. The molecule has 47 heavy (non-hydrogen) atoms. The minimum absolute atomic E-state index is 0.743. The quantitative estimate of drug-likeness (QED) is 0.188. The van der Waals surface area contributed by atoms with Gasteiger partial charge in [-0.1, -0.05) is 119 Å². The van der Waals surface area contributed by atoms with Crippen LogP contribution in [0.25, 0.3) is 67.0 Å². The monoisotopic (exact) mass is 606 g/mol. The lowest BCUT2D eigenvalue weighted by atomic mass is 9.93. The average Bonchev–Trinajstić information content (AvgIpc) is 3.09. The van der Waals surface area contributed by atoms with Gasteiger partial charge in [-0.2, -0.15) is 0 Å². The van der Waals surface area contributed by atoms with Gasteiger partial charge >= 0.3 is 0 Å². The first-order chi connectivity index (χ1) is 22.8. The van der Waals surface area contributed by atoms with Gasteiger partial charge in [-0.3, -0.25) is 0 Å². The lowest BCUT2D eigenvalue weighted by Gasteiger charge is -2.14. The van der Waals surface area contributed by atoms with E-state index in [0.29, 0.717) is 0 Å². The molecular weight excluding hydrogens is 569 g/mol. The summed E-state index contributed by atoms with van der Waals surface area (Å²) in [5, 5.41) is 0. The first-order valence-corrected chi connectivity index (χ1v) is 16.2. The molecule has 0 aliphatic carbocycles. The fourth-order valence-electron chi connectivity index (χ4n) is 6.07. The van der Waals surface area contributed by atoms with Crippen molar-refractivity contribution in [2.75, 3.05) is 0 Å². The summed E-state index contributed by atoms with van der Waals surface area (Å²) in [6.07, 6.45) is 0. The highest BCUT2D eigenvalue weighted by Crippen LogP contribution is 2.36. The fraction of sp³-hybridized carbons (Fsp3) is 0.111. The molecule has 0 saturated carbocycles. The van der Waals surface area contributed by atoms with Gasteiger partial charge < -0.3 is 0 Å². The number of aromatic nitrogens is 2. The molecule has 6 aromatic carbocycles. The minimum Gasteiger partial charge on any atom is -0.233 e. The molecular formula is C45H38N2. The van der Waals surface area contributed by atoms with Crippen LogP contribution in [0.4, 0.5) is 0 Å². The van der Waals surface area contributed by atoms with Crippen LogP contribution in [0.3, 0.4) is 0 Å². The molecule has 228 valence electrons. The maximum atomic E-state index is 5.00. The number of benzene rings is 6. The molecule has 0 fully saturated rings. The summed E-state index contributed by atoms with van der Waals surface area (Å²) >= 11 is 0. The molecule has 0 saturated heterocycles. The number of aryl methyl sites for hydroxylation is 5. The molecule has 0 radical (unpaired) electrons. The Morgan fingerprint density at radius 1 is 0.255 bits per heavy atom. The second-order valence-corrected chi connectivity index (χ2v) is 12.7. The van der Waals surface area contributed by atoms with E-state index in [-0.39, 0.29) is 0 Å². The lowest BCUT2D eigenvalue weighted by Crippen LogP contribution is -1.96. The number of nitrogens with zero attached hydrogens (tertiary/aromatic N) is 2. The minimum atomic E-state index is 0.743. The van der Waals surface area contributed by atoms with Crippen LogP contribution >= 0.6 is 0 Å². The molecule has 0 N–H and O–H groups in total. The Labute approximate surface area is 278 Å². The van der Waals surface area contributed by atoms with E-state index in [2.05, 4.69) is 167 Å². The van der Waals surface area contributed by atoms with E-state index in [9.17, 15) is 0 Å². The van der Waals surface area contributed by atoms with Crippen LogP contribution in [-0.4, -0.2) is 9.97 Å². The normalized spacial score (nSPS) is 11.1. The van der Waals surface area contributed by atoms with Crippen LogP contribution in [0.5, 0.6) is 0 Å². The van der Waals surface area contributed by atoms with Crippen molar-refractivity contribution in [2.24, 2.45) is 0 Å². The van der Waals surface area contributed by atoms with Crippen molar-refractivity contribution in [1.82, 2.24) is 9.97 Å². The molecule has 0 aliphatic heterocycles. The topological polar surface area (TPSA) is 25.8 Å². The molecule has 0 amide bonds. The first-order valence-electron chi connectivity index (χ1n) is 16.2. The zero-order valence-electron chi connectivity index (χ0n) is 27.7. The molecule has 2 heteroatoms. The zero-order chi connectivity index (χ0) is 32.5. The van der Waals surface area contributed by atoms with E-state index in [4.69, 9.17) is 9.97 Å². The summed E-state index contributed by atoms with van der Waals surface area (Å²) in [7, 11) is 0. The van der Waals surface area contributed by atoms with E-state index >= 15 is 0 Å². The molecule has 7 aromatic rings. The predicted octanol–water partition coefficient (Wildman–Crippen LogP) is 12.0. The van der Waals surface area contributed by atoms with Gasteiger partial charge in [0.05, 0.1) is 11.4 Å². The van der Waals surface area contributed by atoms with Gasteiger partial charge in [0.2, 0.25) is 0 Å². The Balaban J connectivity index is 1.39. The molecule has 1 aromatic heterocycles. The van der Waals surface area contributed by atoms with Crippen molar-refractivity contribution in [3.8, 4) is 67.0 Å². The predicted molar refractivity (Wildman–Crippen MR) is 198 cm³/mol. The van der Waals surface area contributed by atoms with Crippen molar-refractivity contribution >= 4 is 0 Å². The third-order valence-electron chi connectivity index (χ3n) is 8.84. The van der Waals surface area contributed by atoms with Crippen molar-refractivity contribution in [1.29, 1.82) is 0 Å². The van der Waals surface area contributed by atoms with Gasteiger partial charge in [-0.25, -0.2) is 9.97 Å². The van der Waals surface area contributed by atoms with E-state index in [1.165, 1.54) is 66.8 Å². The van der Waals surface area contributed by atoms with E-state index in [1.54, 1.807) is 0 Å². The second-order valence-electron chi connectivity index (χ2n) is 12.7. The third kappa shape index (κ3) is 6.68. The van der Waals surface area contributed by atoms with Gasteiger partial charge in [0.15, 0.2) is 0 Å². The van der Waals surface area contributed by atoms with Crippen LogP contribution < -0.4 is 0 Å². The number of rotatable bonds is 6. The first kappa shape index (κ1) is 30.1. The Kier molecular flexibility index (Phi) is 8.10. The summed E-state index contributed by atoms with van der Waals surface area (Å²) in [4.78, 5) is 9.99. The summed E-state index contributed by atoms with van der Waals surface area (Å²) < 4.78 is 0. The average molecular weight is 607 g/mol. The van der Waals surface area contributed by atoms with Crippen molar-refractivity contribution in [2.45, 2.75) is 34.6 Å². The summed E-state index contributed by atoms with van der Waals surface area (Å²) in [5.74, 6) is 0.743. The zero-order valence-corrected chi connectivity index (χ0v) is 27.7. The summed E-state index contributed by atoms with van der Waals surface area (Å²) in [5.41, 5.74) is 18.4. The van der Waals surface area contributed by atoms with Gasteiger partial charge in [-0.15, -0.1) is 0 Å². The molecule has 0 atom stereocenters. The van der Waals surface area contributed by atoms with Gasteiger partial charge in [0.25, 0.3) is 0 Å². The standard InChI is InChI=1S/C45H38N2/c1-29-6-14-34(15-7-29)38-22-39(35-16-8-30(2)9-17-35)25-42(24-38)44-28-45(47-33(5)46-44)43-26-40(36-18-10-31(3)11-19-36)23-41(27-43)37-20-12-32(4)13-21-37/h6-28H,1-5H3. The van der Waals surface area contributed by atoms with Crippen LogP contribution in [0.2, 0.25) is 0 Å². The second kappa shape index (κ2) is 12.7. The fourth-order valence-corrected chi connectivity index (χ4v) is 6.07. The Morgan fingerprint density at radius 2 is 0.489 bits per heavy atom. The maximum Gasteiger partial charge on any atom is 0.126 e. The van der Waals surface area contributed by atoms with Crippen LogP contribution in [0, 0.1) is 34.6 Å². The number of hydrogen-bond acceptors (Lipinski definition) is 2. The Morgan fingerprint density at radius 3 is 0.745 bits per heavy atom. The van der Waals surface area contributed by atoms with Crippen LogP contribution in [-0.2, 0) is 0 Å². The van der Waals surface area contributed by atoms with Gasteiger partial charge in [0.1, 0.15) is 5.82 Å². The highest BCUT2D eigenvalue weighted by atomic mass is 14.9. The summed E-state index contributed by atoms with van der Waals surface area (Å²) in [6, 6.07) is 50.8. The van der Waals surface area contributed by atoms with Gasteiger partial charge in [0, 0.05) is 11.1 Å². The van der Waals surface area contributed by atoms with Crippen LogP contribution in [0.15, 0.2) is 140 Å². The summed E-state index contributed by atoms with van der Waals surface area (Å²) in [6.45, 7) is 10.5. The molecule has 1 heterocycles. The van der Waals surface area contributed by atoms with Crippen molar-refractivity contribution in [3.05, 3.63) is 168 Å². The van der Waals surface area contributed by atoms with Crippen molar-refractivity contribution in [3.63, 3.8) is 0 Å². The highest BCUT2D eigenvalue weighted by Gasteiger charge is 2.14. The van der Waals surface area contributed by atoms with E-state index in [0.717, 1.165) is 28.3 Å². The maximum absolute atomic E-state index is 5.00. The molecule has 0 bridgehead atoms. The third-order valence-corrected chi connectivity index (χ3v) is 8.84.